The van der Waals surface area contributed by atoms with Gasteiger partial charge in [-0.15, -0.1) is 0 Å². The number of fused-ring (bicyclic) bond motifs is 1. The van der Waals surface area contributed by atoms with E-state index in [1.807, 2.05) is 0 Å². The lowest BCUT2D eigenvalue weighted by Gasteiger charge is -2.28. The number of nitrogens with one attached hydrogen (secondary N) is 12. The van der Waals surface area contributed by atoms with Crippen LogP contribution in [0.1, 0.15) is 119 Å². The van der Waals surface area contributed by atoms with Gasteiger partial charge in [0.1, 0.15) is 61.0 Å². The van der Waals surface area contributed by atoms with E-state index in [0.29, 0.717) is 37.7 Å². The Morgan fingerprint density at radius 1 is 0.658 bits per heavy atom. The highest BCUT2D eigenvalue weighted by Crippen LogP contribution is 2.34. The summed E-state index contributed by atoms with van der Waals surface area (Å²) >= 11 is 1.24. The molecule has 1 aliphatic heterocycles. The summed E-state index contributed by atoms with van der Waals surface area (Å²) in [5, 5.41) is 66.7. The maximum Gasteiger partial charge on any atom is 0.345 e. The maximum absolute atomic E-state index is 15.0. The molecule has 1 fully saturated rings. The number of esters is 1. The third-order valence-corrected chi connectivity index (χ3v) is 19.9. The number of ether oxygens (including phenoxy) is 1. The predicted octanol–water partition coefficient (Wildman–Crippen LogP) is -3.66. The molecule has 0 aliphatic carbocycles. The van der Waals surface area contributed by atoms with E-state index < -0.39 is 201 Å². The van der Waals surface area contributed by atoms with Gasteiger partial charge < -0.3 is 117 Å². The Hall–Kier alpha value is -11.9. The van der Waals surface area contributed by atoms with Crippen LogP contribution in [0.25, 0.3) is 23.1 Å². The highest BCUT2D eigenvalue weighted by atomic mass is 32.2. The summed E-state index contributed by atoms with van der Waals surface area (Å²) in [7, 11) is 1.50. The summed E-state index contributed by atoms with van der Waals surface area (Å²) in [6, 6.07) is 9.54. The van der Waals surface area contributed by atoms with Gasteiger partial charge in [-0.1, -0.05) is 74.1 Å². The number of pyridine rings is 1. The number of carbonyl (C=O) groups excluding carboxylic acids is 14. The first kappa shape index (κ1) is 97.0. The van der Waals surface area contributed by atoms with E-state index in [1.54, 1.807) is 123 Å². The van der Waals surface area contributed by atoms with Gasteiger partial charge in [0.25, 0.3) is 5.91 Å². The number of carboxylic acids is 1. The Morgan fingerprint density at radius 3 is 1.88 bits per heavy atom. The molecule has 0 saturated carbocycles. The molecule has 3 heterocycles. The van der Waals surface area contributed by atoms with Gasteiger partial charge in [0, 0.05) is 67.4 Å². The molecular formula is C79H111N21O19S. The number of nitrogens with two attached hydrogens (primary N) is 5. The second kappa shape index (κ2) is 49.5. The van der Waals surface area contributed by atoms with E-state index in [9.17, 15) is 87.2 Å². The monoisotopic (exact) mass is 1690 g/mol. The molecule has 120 heavy (non-hydrogen) atoms. The van der Waals surface area contributed by atoms with E-state index in [0.717, 1.165) is 11.6 Å². The number of aliphatic hydroxyl groups is 2. The average Bonchev–Trinajstić information content (AvgIpc) is 1.62. The van der Waals surface area contributed by atoms with Crippen LogP contribution in [0.4, 0.5) is 4.79 Å². The Kier molecular flexibility index (Phi) is 40.0. The van der Waals surface area contributed by atoms with Crippen molar-refractivity contribution < 1.29 is 92.0 Å². The minimum Gasteiger partial charge on any atom is -0.481 e. The van der Waals surface area contributed by atoms with Crippen molar-refractivity contribution in [3.8, 4) is 0 Å². The van der Waals surface area contributed by atoms with Gasteiger partial charge in [-0.3, -0.25) is 72.1 Å². The molecule has 1 saturated heterocycles. The van der Waals surface area contributed by atoms with Crippen LogP contribution in [0.15, 0.2) is 107 Å². The number of aromatic nitrogens is 3. The predicted molar refractivity (Wildman–Crippen MR) is 440 cm³/mol. The van der Waals surface area contributed by atoms with Crippen molar-refractivity contribution in [2.24, 2.45) is 34.6 Å². The van der Waals surface area contributed by atoms with Gasteiger partial charge in [-0.2, -0.15) is 9.78 Å². The number of amides is 13. The van der Waals surface area contributed by atoms with Crippen molar-refractivity contribution in [2.45, 2.75) is 181 Å². The lowest BCUT2D eigenvalue weighted by atomic mass is 10.00. The van der Waals surface area contributed by atoms with E-state index in [2.05, 4.69) is 68.8 Å². The number of aliphatic hydroxyl groups excluding tert-OH is 2. The fourth-order valence-corrected chi connectivity index (χ4v) is 13.3. The van der Waals surface area contributed by atoms with Gasteiger partial charge in [-0.05, 0) is 151 Å². The van der Waals surface area contributed by atoms with Gasteiger partial charge in [-0.25, -0.2) is 4.79 Å². The second-order valence-electron chi connectivity index (χ2n) is 28.7. The molecule has 12 atom stereocenters. The van der Waals surface area contributed by atoms with Crippen LogP contribution in [0.5, 0.6) is 0 Å². The third-order valence-electron chi connectivity index (χ3n) is 18.8. The molecule has 0 unspecified atom stereocenters. The van der Waals surface area contributed by atoms with Crippen LogP contribution >= 0.6 is 11.8 Å². The smallest absolute Gasteiger partial charge is 0.345 e. The molecule has 0 bridgehead atoms. The highest BCUT2D eigenvalue weighted by Gasteiger charge is 2.38. The topological polar surface area (TPSA) is 634 Å². The van der Waals surface area contributed by atoms with Crippen molar-refractivity contribution in [1.82, 2.24) is 83.5 Å². The number of nitrogens with zero attached hydrogens (tertiary/aromatic N) is 4. The molecule has 13 amide bonds. The molecule has 25 N–H and O–H groups in total. The molecule has 652 valence electrons. The quantitative estimate of drug-likeness (QED) is 0.0170. The van der Waals surface area contributed by atoms with Crippen molar-refractivity contribution in [1.29, 1.82) is 0 Å². The highest BCUT2D eigenvalue weighted by molar-refractivity contribution is 7.99. The van der Waals surface area contributed by atoms with E-state index in [-0.39, 0.29) is 102 Å². The normalized spacial score (nSPS) is 19.2. The molecule has 5 aromatic rings. The van der Waals surface area contributed by atoms with Crippen LogP contribution in [-0.2, 0) is 73.5 Å². The number of rotatable bonds is 37. The fourth-order valence-electron chi connectivity index (χ4n) is 12.4. The molecule has 1 aliphatic rings. The van der Waals surface area contributed by atoms with Gasteiger partial charge in [0.05, 0.1) is 53.6 Å². The number of hydrogen-bond acceptors (Lipinski definition) is 26. The van der Waals surface area contributed by atoms with Crippen LogP contribution in [0.3, 0.4) is 0 Å². The summed E-state index contributed by atoms with van der Waals surface area (Å²) in [6.07, 6.45) is -1.86. The number of carboxylic acid groups (broad SMARTS) is 1. The fraction of sp³-hybridized carbons (Fsp3) is 0.481. The number of hydrogen-bond donors (Lipinski definition) is 20. The molecule has 0 radical (unpaired) electrons. The largest absolute Gasteiger partial charge is 0.481 e. The van der Waals surface area contributed by atoms with E-state index >= 15 is 0 Å². The summed E-state index contributed by atoms with van der Waals surface area (Å²) in [6.45, 7) is 2.87. The van der Waals surface area contributed by atoms with E-state index in [4.69, 9.17) is 38.5 Å². The van der Waals surface area contributed by atoms with Crippen LogP contribution in [0, 0.1) is 5.92 Å². The summed E-state index contributed by atoms with van der Waals surface area (Å²) in [5.74, 6) is -13.4. The van der Waals surface area contributed by atoms with Crippen LogP contribution in [-0.4, -0.2) is 262 Å². The molecule has 3 aromatic carbocycles. The van der Waals surface area contributed by atoms with Gasteiger partial charge >= 0.3 is 18.0 Å². The Labute approximate surface area is 697 Å². The van der Waals surface area contributed by atoms with Crippen molar-refractivity contribution in [3.05, 3.63) is 120 Å². The number of aliphatic carboxylic acids is 1. The lowest BCUT2D eigenvalue weighted by Crippen LogP contribution is -2.61. The average molecular weight is 1690 g/mol. The zero-order valence-corrected chi connectivity index (χ0v) is 68.3. The van der Waals surface area contributed by atoms with Crippen LogP contribution < -0.4 is 92.5 Å². The zero-order valence-electron chi connectivity index (χ0n) is 67.5. The Morgan fingerprint density at radius 2 is 1.27 bits per heavy atom. The SMILES string of the molecule is CNC(=O)c1ccccc1Sc1ccc2c(/C=C/c3ccccn3)nn(C(=O)N(CCNC(=O)[C@@H](N)CCC(=O)O)CCC(=O)OCCC(=O)N[C@H](C(=O)N[C@@H](CCN)C(=O)N[C@H]3CCNC(=O)[C@H]([C@@H](C)O)NC(=O)[C@H](CCN)NC(=O)[C@H](CCN)NC(=O)[C@H](CC(C)C)NC(=O)[C@@H](Cc4ccccc4)NC(=O)[C@H](CCN)NC3=O)[C@@H](C)O)c2c1. The van der Waals surface area contributed by atoms with E-state index in [1.165, 1.54) is 30.6 Å². The van der Waals surface area contributed by atoms with Gasteiger partial charge in [0.15, 0.2) is 0 Å². The minimum atomic E-state index is -1.83. The third kappa shape index (κ3) is 30.8. The first-order valence-electron chi connectivity index (χ1n) is 39.3. The molecular weight excluding hydrogens is 1580 g/mol. The first-order valence-corrected chi connectivity index (χ1v) is 40.1. The van der Waals surface area contributed by atoms with Crippen molar-refractivity contribution >= 4 is 124 Å². The minimum absolute atomic E-state index is 0.00727. The molecule has 6 rings (SSSR count). The Balaban J connectivity index is 1.21. The number of carbonyl (C=O) groups is 15. The Bertz CT molecular complexity index is 4380. The second-order valence-corrected chi connectivity index (χ2v) is 29.8. The summed E-state index contributed by atoms with van der Waals surface area (Å²) in [4.78, 5) is 215. The summed E-state index contributed by atoms with van der Waals surface area (Å²) < 4.78 is 6.52. The van der Waals surface area contributed by atoms with Gasteiger partial charge in [0.2, 0.25) is 65.0 Å². The van der Waals surface area contributed by atoms with Crippen LogP contribution in [0.2, 0.25) is 0 Å². The van der Waals surface area contributed by atoms with Crippen molar-refractivity contribution in [3.63, 3.8) is 0 Å². The maximum atomic E-state index is 15.0. The zero-order chi connectivity index (χ0) is 88.1. The standard InChI is InChI=1S/C79H111N21O19S/c1-44(2)41-59-75(114)91-54(24-31-80)70(109)90-57(27-34-83)74(113)97-66(45(3)101)77(116)87-36-28-58(73(112)89-55(25-32-81)72(111)95-60(76(115)94-59)42-47-13-7-6-8-14-47)92-71(110)56(26-33-82)93-78(117)67(46(4)102)96-63(103)30-40-119-65(106)29-38-99(39-37-88-69(108)52(84)21-23-64(104)105)79(118)100-61-43-49(120-62-17-10-9-16-51(62)68(107)85-5)19-20-50(61)53(98-100)22-18-48-15-11-12-35-86-48/h6-20,22,35,43-46,52,54-60,66-67,101-102H,21,23-34,36-42,80-84H2,1-5H3,(H,85,107)(H,87,116)(H,88,108)(H,89,112)(H,90,109)(H,91,114)(H,92,110)(H,93,117)(H,94,115)(H,95,111)(H,96,103)(H,97,113)(H,104,105)/b22-18+/t45-,46-,52+,54+,55+,56+,57+,58+,59+,60-,66+,67+/m1/s1. The molecule has 40 nitrogen and oxygen atoms in total. The molecule has 2 aromatic heterocycles. The molecule has 41 heteroatoms. The number of benzene rings is 3. The lowest BCUT2D eigenvalue weighted by molar-refractivity contribution is -0.145. The molecule has 0 spiro atoms. The first-order chi connectivity index (χ1) is 57.3. The van der Waals surface area contributed by atoms with Crippen molar-refractivity contribution in [2.75, 3.05) is 66.0 Å². The summed E-state index contributed by atoms with van der Waals surface area (Å²) in [5.41, 5.74) is 31.8.